The van der Waals surface area contributed by atoms with E-state index in [2.05, 4.69) is 17.4 Å². The highest BCUT2D eigenvalue weighted by Crippen LogP contribution is 2.21. The third kappa shape index (κ3) is 4.83. The first-order valence-electron chi connectivity index (χ1n) is 8.60. The molecule has 1 saturated heterocycles. The Labute approximate surface area is 147 Å². The lowest BCUT2D eigenvalue weighted by Gasteiger charge is -2.13. The highest BCUT2D eigenvalue weighted by molar-refractivity contribution is 5.92. The Morgan fingerprint density at radius 1 is 1.04 bits per heavy atom. The lowest BCUT2D eigenvalue weighted by atomic mass is 10.1. The lowest BCUT2D eigenvalue weighted by molar-refractivity contribution is -0.116. The van der Waals surface area contributed by atoms with Gasteiger partial charge in [0, 0.05) is 17.8 Å². The van der Waals surface area contributed by atoms with E-state index in [1.165, 1.54) is 5.56 Å². The Morgan fingerprint density at radius 3 is 2.48 bits per heavy atom. The average molecular weight is 338 g/mol. The molecule has 1 heterocycles. The van der Waals surface area contributed by atoms with Crippen molar-refractivity contribution in [2.75, 3.05) is 23.4 Å². The van der Waals surface area contributed by atoms with Crippen molar-refractivity contribution in [2.45, 2.75) is 25.7 Å². The van der Waals surface area contributed by atoms with Crippen LogP contribution in [0.25, 0.3) is 0 Å². The van der Waals surface area contributed by atoms with Gasteiger partial charge in [-0.25, -0.2) is 4.79 Å². The fourth-order valence-corrected chi connectivity index (χ4v) is 2.84. The number of nitrogens with zero attached hydrogens (tertiary/aromatic N) is 1. The number of ether oxygens (including phenoxy) is 1. The third-order valence-corrected chi connectivity index (χ3v) is 4.19. The summed E-state index contributed by atoms with van der Waals surface area (Å²) in [5.41, 5.74) is 2.83. The third-order valence-electron chi connectivity index (χ3n) is 4.19. The highest BCUT2D eigenvalue weighted by Gasteiger charge is 2.23. The molecule has 0 spiro atoms. The van der Waals surface area contributed by atoms with Gasteiger partial charge in [0.1, 0.15) is 6.61 Å². The molecule has 1 fully saturated rings. The van der Waals surface area contributed by atoms with Gasteiger partial charge in [-0.3, -0.25) is 9.69 Å². The average Bonchev–Trinajstić information content (AvgIpc) is 3.06. The molecule has 5 heteroatoms. The quantitative estimate of drug-likeness (QED) is 0.777. The maximum atomic E-state index is 12.0. The van der Waals surface area contributed by atoms with Crippen LogP contribution in [0.1, 0.15) is 24.8 Å². The van der Waals surface area contributed by atoms with Gasteiger partial charge in [-0.2, -0.15) is 0 Å². The summed E-state index contributed by atoms with van der Waals surface area (Å²) in [6.07, 6.45) is 3.03. The number of unbranched alkanes of at least 4 members (excludes halogenated alkanes) is 1. The Morgan fingerprint density at radius 2 is 1.80 bits per heavy atom. The zero-order chi connectivity index (χ0) is 17.5. The van der Waals surface area contributed by atoms with Crippen molar-refractivity contribution in [2.24, 2.45) is 0 Å². The molecule has 5 nitrogen and oxygen atoms in total. The van der Waals surface area contributed by atoms with Crippen molar-refractivity contribution >= 4 is 23.4 Å². The second-order valence-corrected chi connectivity index (χ2v) is 6.05. The summed E-state index contributed by atoms with van der Waals surface area (Å²) in [5, 5.41) is 2.90. The molecule has 2 aromatic rings. The molecule has 0 atom stereocenters. The fourth-order valence-electron chi connectivity index (χ4n) is 2.84. The van der Waals surface area contributed by atoms with Gasteiger partial charge in [-0.1, -0.05) is 30.3 Å². The van der Waals surface area contributed by atoms with E-state index in [1.54, 1.807) is 4.90 Å². The van der Waals surface area contributed by atoms with E-state index >= 15 is 0 Å². The van der Waals surface area contributed by atoms with Crippen LogP contribution in [-0.4, -0.2) is 25.2 Å². The first-order valence-corrected chi connectivity index (χ1v) is 8.60. The number of carbonyl (C=O) groups excluding carboxylic acids is 2. The lowest BCUT2D eigenvalue weighted by Crippen LogP contribution is -2.23. The molecule has 1 aliphatic rings. The number of benzene rings is 2. The summed E-state index contributed by atoms with van der Waals surface area (Å²) < 4.78 is 4.92. The molecular formula is C20H22N2O3. The van der Waals surface area contributed by atoms with Crippen molar-refractivity contribution in [1.29, 1.82) is 0 Å². The molecule has 0 aromatic heterocycles. The van der Waals surface area contributed by atoms with Gasteiger partial charge in [0.2, 0.25) is 5.91 Å². The van der Waals surface area contributed by atoms with Crippen LogP contribution >= 0.6 is 0 Å². The summed E-state index contributed by atoms with van der Waals surface area (Å²) in [5.74, 6) is 0.0152. The maximum absolute atomic E-state index is 12.0. The number of amides is 2. The number of anilines is 2. The van der Waals surface area contributed by atoms with Gasteiger partial charge < -0.3 is 10.1 Å². The first-order chi connectivity index (χ1) is 12.2. The Hall–Kier alpha value is -2.82. The standard InChI is InChI=1S/C20H22N2O3/c23-19(9-5-4-8-16-6-2-1-3-7-16)21-17-10-12-18(13-11-17)22-14-15-25-20(22)24/h1-3,6-7,10-13H,4-5,8-9,14-15H2,(H,21,23). The fraction of sp³-hybridized carbons (Fsp3) is 0.300. The SMILES string of the molecule is O=C(CCCCc1ccccc1)Nc1ccc(N2CCOC2=O)cc1. The topological polar surface area (TPSA) is 58.6 Å². The van der Waals surface area contributed by atoms with Crippen LogP contribution in [0.15, 0.2) is 54.6 Å². The minimum absolute atomic E-state index is 0.0152. The van der Waals surface area contributed by atoms with Crippen LogP contribution in [0.4, 0.5) is 16.2 Å². The summed E-state index contributed by atoms with van der Waals surface area (Å²) >= 11 is 0. The van der Waals surface area contributed by atoms with E-state index in [4.69, 9.17) is 4.74 Å². The van der Waals surface area contributed by atoms with Crippen LogP contribution in [0, 0.1) is 0 Å². The van der Waals surface area contributed by atoms with E-state index in [9.17, 15) is 9.59 Å². The van der Waals surface area contributed by atoms with Crippen molar-refractivity contribution < 1.29 is 14.3 Å². The summed E-state index contributed by atoms with van der Waals surface area (Å²) in [7, 11) is 0. The van der Waals surface area contributed by atoms with Gasteiger partial charge in [0.15, 0.2) is 0 Å². The number of carbonyl (C=O) groups is 2. The van der Waals surface area contributed by atoms with E-state index in [0.29, 0.717) is 19.6 Å². The number of nitrogens with one attached hydrogen (secondary N) is 1. The minimum atomic E-state index is -0.324. The van der Waals surface area contributed by atoms with Gasteiger partial charge in [-0.05, 0) is 49.1 Å². The number of hydrogen-bond donors (Lipinski definition) is 1. The monoisotopic (exact) mass is 338 g/mol. The maximum Gasteiger partial charge on any atom is 0.414 e. The molecule has 0 bridgehead atoms. The second kappa shape index (κ2) is 8.33. The molecule has 3 rings (SSSR count). The smallest absolute Gasteiger partial charge is 0.414 e. The van der Waals surface area contributed by atoms with Crippen LogP contribution in [0.5, 0.6) is 0 Å². The molecular weight excluding hydrogens is 316 g/mol. The normalized spacial score (nSPS) is 13.6. The molecule has 25 heavy (non-hydrogen) atoms. The second-order valence-electron chi connectivity index (χ2n) is 6.05. The van der Waals surface area contributed by atoms with Crippen molar-refractivity contribution in [3.05, 3.63) is 60.2 Å². The number of hydrogen-bond acceptors (Lipinski definition) is 3. The zero-order valence-corrected chi connectivity index (χ0v) is 14.1. The van der Waals surface area contributed by atoms with Crippen molar-refractivity contribution in [1.82, 2.24) is 0 Å². The van der Waals surface area contributed by atoms with Crippen LogP contribution in [0.2, 0.25) is 0 Å². The minimum Gasteiger partial charge on any atom is -0.447 e. The Kier molecular flexibility index (Phi) is 5.67. The van der Waals surface area contributed by atoms with E-state index in [0.717, 1.165) is 30.6 Å². The highest BCUT2D eigenvalue weighted by atomic mass is 16.6. The predicted molar refractivity (Wildman–Crippen MR) is 97.8 cm³/mol. The van der Waals surface area contributed by atoms with E-state index in [1.807, 2.05) is 42.5 Å². The predicted octanol–water partition coefficient (Wildman–Crippen LogP) is 3.99. The zero-order valence-electron chi connectivity index (χ0n) is 14.1. The summed E-state index contributed by atoms with van der Waals surface area (Å²) in [6, 6.07) is 17.5. The summed E-state index contributed by atoms with van der Waals surface area (Å²) in [6.45, 7) is 0.978. The van der Waals surface area contributed by atoms with Crippen molar-refractivity contribution in [3.63, 3.8) is 0 Å². The molecule has 2 aromatic carbocycles. The molecule has 0 unspecified atom stereocenters. The number of rotatable bonds is 7. The van der Waals surface area contributed by atoms with Crippen LogP contribution in [-0.2, 0) is 16.0 Å². The van der Waals surface area contributed by atoms with E-state index < -0.39 is 0 Å². The molecule has 0 radical (unpaired) electrons. The molecule has 0 aliphatic carbocycles. The number of cyclic esters (lactones) is 1. The first kappa shape index (κ1) is 17.0. The molecule has 1 aliphatic heterocycles. The van der Waals surface area contributed by atoms with Gasteiger partial charge in [0.25, 0.3) is 0 Å². The van der Waals surface area contributed by atoms with Crippen molar-refractivity contribution in [3.8, 4) is 0 Å². The molecule has 0 saturated carbocycles. The Balaban J connectivity index is 1.41. The van der Waals surface area contributed by atoms with Gasteiger partial charge >= 0.3 is 6.09 Å². The molecule has 1 N–H and O–H groups in total. The largest absolute Gasteiger partial charge is 0.447 e. The van der Waals surface area contributed by atoms with Gasteiger partial charge in [-0.15, -0.1) is 0 Å². The number of aryl methyl sites for hydroxylation is 1. The van der Waals surface area contributed by atoms with Crippen LogP contribution < -0.4 is 10.2 Å². The molecule has 2 amide bonds. The van der Waals surface area contributed by atoms with Crippen LogP contribution in [0.3, 0.4) is 0 Å². The molecule has 130 valence electrons. The Bertz CT molecular complexity index is 713. The van der Waals surface area contributed by atoms with E-state index in [-0.39, 0.29) is 12.0 Å². The van der Waals surface area contributed by atoms with Gasteiger partial charge in [0.05, 0.1) is 6.54 Å². The summed E-state index contributed by atoms with van der Waals surface area (Å²) in [4.78, 5) is 25.1.